The van der Waals surface area contributed by atoms with Gasteiger partial charge >= 0.3 is 0 Å². The zero-order chi connectivity index (χ0) is 17.9. The number of nitrogens with zero attached hydrogens (tertiary/aromatic N) is 2. The van der Waals surface area contributed by atoms with Gasteiger partial charge < -0.3 is 9.64 Å². The van der Waals surface area contributed by atoms with Crippen molar-refractivity contribution in [2.75, 3.05) is 20.1 Å². The topological polar surface area (TPSA) is 36.3 Å². The Morgan fingerprint density at radius 3 is 2.68 bits per heavy atom. The lowest BCUT2D eigenvalue weighted by atomic mass is 9.81. The van der Waals surface area contributed by atoms with E-state index in [1.165, 1.54) is 12.1 Å². The fourth-order valence-corrected chi connectivity index (χ4v) is 3.52. The van der Waals surface area contributed by atoms with Crippen molar-refractivity contribution in [3.63, 3.8) is 0 Å². The smallest absolute Gasteiger partial charge is 0.123 e. The molecule has 0 amide bonds. The van der Waals surface area contributed by atoms with Gasteiger partial charge in [0.1, 0.15) is 11.4 Å². The van der Waals surface area contributed by atoms with Crippen LogP contribution in [0.25, 0.3) is 0 Å². The first-order chi connectivity index (χ1) is 12.1. The number of nitriles is 1. The maximum atomic E-state index is 13.4. The van der Waals surface area contributed by atoms with E-state index in [4.69, 9.17) is 10.00 Å². The Hall–Kier alpha value is -2.22. The normalized spacial score (nSPS) is 19.0. The maximum absolute atomic E-state index is 13.4. The molecule has 0 aliphatic carbocycles. The van der Waals surface area contributed by atoms with Crippen LogP contribution in [0.15, 0.2) is 42.5 Å². The molecule has 0 bridgehead atoms. The largest absolute Gasteiger partial charge is 0.361 e. The number of ether oxygens (including phenoxy) is 1. The van der Waals surface area contributed by atoms with Gasteiger partial charge in [0.25, 0.3) is 0 Å². The monoisotopic (exact) mass is 338 g/mol. The molecule has 0 fully saturated rings. The molecule has 2 aromatic carbocycles. The van der Waals surface area contributed by atoms with Crippen LogP contribution in [0, 0.1) is 17.1 Å². The average molecular weight is 338 g/mol. The Balaban J connectivity index is 1.97. The van der Waals surface area contributed by atoms with Gasteiger partial charge in [-0.2, -0.15) is 5.26 Å². The molecule has 0 radical (unpaired) electrons. The lowest BCUT2D eigenvalue weighted by molar-refractivity contribution is -0.0142. The highest BCUT2D eigenvalue weighted by Crippen LogP contribution is 2.45. The predicted octanol–water partition coefficient (Wildman–Crippen LogP) is 4.20. The lowest BCUT2D eigenvalue weighted by Gasteiger charge is -2.31. The van der Waals surface area contributed by atoms with E-state index in [0.29, 0.717) is 12.2 Å². The van der Waals surface area contributed by atoms with E-state index in [1.807, 2.05) is 30.3 Å². The standard InChI is InChI=1S/C21H23FN2O/c1-3-24(2)12-4-11-21(18-6-8-19(22)9-7-18)20-10-5-16(14-23)13-17(20)15-25-21/h5-10,13H,3-4,11-12,15H2,1-2H3. The van der Waals surface area contributed by atoms with Gasteiger partial charge in [-0.05, 0) is 73.9 Å². The number of fused-ring (bicyclic) bond motifs is 1. The van der Waals surface area contributed by atoms with E-state index in [-0.39, 0.29) is 5.82 Å². The molecule has 1 atom stereocenters. The number of hydrogen-bond donors (Lipinski definition) is 0. The summed E-state index contributed by atoms with van der Waals surface area (Å²) >= 11 is 0. The second-order valence-electron chi connectivity index (χ2n) is 6.61. The van der Waals surface area contributed by atoms with Crippen molar-refractivity contribution >= 4 is 0 Å². The van der Waals surface area contributed by atoms with Crippen molar-refractivity contribution in [2.45, 2.75) is 32.0 Å². The van der Waals surface area contributed by atoms with Gasteiger partial charge in [-0.25, -0.2) is 4.39 Å². The summed E-state index contributed by atoms with van der Waals surface area (Å²) in [4.78, 5) is 2.27. The Kier molecular flexibility index (Phi) is 5.17. The molecule has 1 aliphatic rings. The maximum Gasteiger partial charge on any atom is 0.123 e. The minimum absolute atomic E-state index is 0.248. The van der Waals surface area contributed by atoms with E-state index >= 15 is 0 Å². The first-order valence-electron chi connectivity index (χ1n) is 8.71. The highest BCUT2D eigenvalue weighted by atomic mass is 19.1. The molecule has 0 saturated heterocycles. The van der Waals surface area contributed by atoms with E-state index < -0.39 is 5.60 Å². The molecule has 2 aromatic rings. The van der Waals surface area contributed by atoms with Gasteiger partial charge in [-0.15, -0.1) is 0 Å². The molecule has 4 heteroatoms. The summed E-state index contributed by atoms with van der Waals surface area (Å²) in [6.07, 6.45) is 1.79. The SMILES string of the molecule is CCN(C)CCCC1(c2ccc(F)cc2)OCc2cc(C#N)ccc21. The van der Waals surface area contributed by atoms with Gasteiger partial charge in [0, 0.05) is 0 Å². The number of halogens is 1. The Labute approximate surface area is 148 Å². The third kappa shape index (κ3) is 3.44. The molecule has 130 valence electrons. The summed E-state index contributed by atoms with van der Waals surface area (Å²) in [5.74, 6) is -0.248. The van der Waals surface area contributed by atoms with Crippen LogP contribution in [0.3, 0.4) is 0 Å². The van der Waals surface area contributed by atoms with Crippen LogP contribution in [0.2, 0.25) is 0 Å². The molecule has 0 saturated carbocycles. The van der Waals surface area contributed by atoms with Crippen LogP contribution in [0.5, 0.6) is 0 Å². The van der Waals surface area contributed by atoms with E-state index in [9.17, 15) is 4.39 Å². The summed E-state index contributed by atoms with van der Waals surface area (Å²) in [5.41, 5.74) is 3.19. The van der Waals surface area contributed by atoms with Crippen LogP contribution >= 0.6 is 0 Å². The van der Waals surface area contributed by atoms with Crippen LogP contribution < -0.4 is 0 Å². The van der Waals surface area contributed by atoms with Gasteiger partial charge in [0.05, 0.1) is 18.2 Å². The molecule has 1 aliphatic heterocycles. The Bertz CT molecular complexity index is 781. The lowest BCUT2D eigenvalue weighted by Crippen LogP contribution is -2.29. The molecule has 0 spiro atoms. The summed E-state index contributed by atoms with van der Waals surface area (Å²) in [6.45, 7) is 4.60. The zero-order valence-corrected chi connectivity index (χ0v) is 14.8. The van der Waals surface area contributed by atoms with Gasteiger partial charge in [0.2, 0.25) is 0 Å². The molecule has 25 heavy (non-hydrogen) atoms. The minimum Gasteiger partial charge on any atom is -0.361 e. The first kappa shape index (κ1) is 17.6. The Morgan fingerprint density at radius 2 is 2.00 bits per heavy atom. The molecule has 0 aromatic heterocycles. The van der Waals surface area contributed by atoms with Crippen molar-refractivity contribution in [2.24, 2.45) is 0 Å². The predicted molar refractivity (Wildman–Crippen MR) is 95.5 cm³/mol. The van der Waals surface area contributed by atoms with Crippen LogP contribution in [-0.2, 0) is 16.9 Å². The van der Waals surface area contributed by atoms with Crippen LogP contribution in [0.4, 0.5) is 4.39 Å². The fourth-order valence-electron chi connectivity index (χ4n) is 3.52. The second-order valence-corrected chi connectivity index (χ2v) is 6.61. The van der Waals surface area contributed by atoms with E-state index in [2.05, 4.69) is 24.9 Å². The molecule has 1 heterocycles. The number of rotatable bonds is 6. The Morgan fingerprint density at radius 1 is 1.24 bits per heavy atom. The summed E-state index contributed by atoms with van der Waals surface area (Å²) in [6, 6.07) is 14.5. The highest BCUT2D eigenvalue weighted by molar-refractivity contribution is 5.47. The highest BCUT2D eigenvalue weighted by Gasteiger charge is 2.41. The van der Waals surface area contributed by atoms with Crippen molar-refractivity contribution < 1.29 is 9.13 Å². The van der Waals surface area contributed by atoms with Gasteiger partial charge in [0.15, 0.2) is 0 Å². The second kappa shape index (κ2) is 7.35. The third-order valence-electron chi connectivity index (χ3n) is 5.06. The minimum atomic E-state index is -0.564. The summed E-state index contributed by atoms with van der Waals surface area (Å²) in [7, 11) is 2.10. The molecular formula is C21H23FN2O. The summed E-state index contributed by atoms with van der Waals surface area (Å²) < 4.78 is 19.7. The molecule has 0 N–H and O–H groups in total. The quantitative estimate of drug-likeness (QED) is 0.792. The average Bonchev–Trinajstić information content (AvgIpc) is 3.01. The molecule has 3 nitrogen and oxygen atoms in total. The zero-order valence-electron chi connectivity index (χ0n) is 14.8. The first-order valence-corrected chi connectivity index (χ1v) is 8.71. The van der Waals surface area contributed by atoms with Crippen molar-refractivity contribution in [1.29, 1.82) is 5.26 Å². The van der Waals surface area contributed by atoms with Crippen molar-refractivity contribution in [3.05, 3.63) is 70.5 Å². The summed E-state index contributed by atoms with van der Waals surface area (Å²) in [5, 5.41) is 9.14. The van der Waals surface area contributed by atoms with Crippen LogP contribution in [-0.4, -0.2) is 25.0 Å². The molecule has 3 rings (SSSR count). The van der Waals surface area contributed by atoms with Crippen LogP contribution in [0.1, 0.15) is 42.0 Å². The van der Waals surface area contributed by atoms with Crippen molar-refractivity contribution in [1.82, 2.24) is 4.90 Å². The number of benzene rings is 2. The van der Waals surface area contributed by atoms with Crippen molar-refractivity contribution in [3.8, 4) is 6.07 Å². The molecule has 1 unspecified atom stereocenters. The molecular weight excluding hydrogens is 315 g/mol. The van der Waals surface area contributed by atoms with Gasteiger partial charge in [-0.1, -0.05) is 25.1 Å². The van der Waals surface area contributed by atoms with Gasteiger partial charge in [-0.3, -0.25) is 0 Å². The van der Waals surface area contributed by atoms with E-state index in [0.717, 1.165) is 42.6 Å². The number of hydrogen-bond acceptors (Lipinski definition) is 3. The third-order valence-corrected chi connectivity index (χ3v) is 5.06. The van der Waals surface area contributed by atoms with E-state index in [1.54, 1.807) is 0 Å². The fraction of sp³-hybridized carbons (Fsp3) is 0.381.